The molecule has 0 amide bonds. The van der Waals surface area contributed by atoms with Crippen molar-refractivity contribution in [1.29, 1.82) is 0 Å². The third-order valence-corrected chi connectivity index (χ3v) is 18.7. The molecule has 12 aromatic rings. The largest absolute Gasteiger partial charge is 0.215 e. The maximum absolute atomic E-state index is 7.64. The van der Waals surface area contributed by atoms with Gasteiger partial charge in [0, 0.05) is 110 Å². The Morgan fingerprint density at radius 3 is 1.18 bits per heavy atom. The number of aromatic nitrogens is 6. The van der Waals surface area contributed by atoms with E-state index in [1.807, 2.05) is 74.3 Å². The lowest BCUT2D eigenvalue weighted by Crippen LogP contribution is -2.33. The van der Waals surface area contributed by atoms with Crippen LogP contribution in [0.25, 0.3) is 67.5 Å². The Balaban J connectivity index is 0.000000176. The van der Waals surface area contributed by atoms with Crippen LogP contribution in [-0.4, -0.2) is 0 Å². The van der Waals surface area contributed by atoms with Gasteiger partial charge in [-0.05, 0) is 213 Å². The minimum absolute atomic E-state index is 0.379. The summed E-state index contributed by atoms with van der Waals surface area (Å²) in [4.78, 5) is 0. The second-order valence-electron chi connectivity index (χ2n) is 27.3. The Morgan fingerprint density at radius 1 is 0.323 bits per heavy atom. The highest BCUT2D eigenvalue weighted by Gasteiger charge is 2.21. The van der Waals surface area contributed by atoms with Crippen molar-refractivity contribution < 1.29 is 35.6 Å². The van der Waals surface area contributed by atoms with Gasteiger partial charge in [-0.3, -0.25) is 0 Å². The van der Waals surface area contributed by atoms with Crippen LogP contribution in [0.4, 0.5) is 0 Å². The van der Waals surface area contributed by atoms with Crippen LogP contribution in [0, 0.1) is 88.9 Å². The third-order valence-electron chi connectivity index (χ3n) is 18.7. The van der Waals surface area contributed by atoms with Crippen molar-refractivity contribution in [3.63, 3.8) is 0 Å². The van der Waals surface area contributed by atoms with Gasteiger partial charge in [-0.2, -0.15) is 0 Å². The molecule has 0 saturated heterocycles. The predicted octanol–water partition coefficient (Wildman–Crippen LogP) is 19.7. The fourth-order valence-corrected chi connectivity index (χ4v) is 12.8. The minimum atomic E-state index is -2.07. The van der Waals surface area contributed by atoms with Crippen molar-refractivity contribution in [3.8, 4) is 67.5 Å². The van der Waals surface area contributed by atoms with Crippen LogP contribution in [0.1, 0.15) is 132 Å². The molecule has 6 aromatic carbocycles. The van der Waals surface area contributed by atoms with E-state index >= 15 is 0 Å². The first-order valence-corrected chi connectivity index (χ1v) is 34.9. The molecule has 0 unspecified atom stereocenters. The van der Waals surface area contributed by atoms with Crippen molar-refractivity contribution in [2.45, 2.75) is 136 Å². The molecule has 6 heteroatoms. The summed E-state index contributed by atoms with van der Waals surface area (Å²) in [7, 11) is 12.3. The first-order chi connectivity index (χ1) is 49.6. The lowest BCUT2D eigenvalue weighted by molar-refractivity contribution is -0.661. The summed E-state index contributed by atoms with van der Waals surface area (Å²) in [6, 6.07) is 69.6. The highest BCUT2D eigenvalue weighted by molar-refractivity contribution is 5.67. The molecule has 0 saturated carbocycles. The van der Waals surface area contributed by atoms with E-state index in [9.17, 15) is 0 Å². The molecule has 0 fully saturated rings. The van der Waals surface area contributed by atoms with Crippen LogP contribution in [0.5, 0.6) is 0 Å². The number of hydrogen-bond acceptors (Lipinski definition) is 0. The van der Waals surface area contributed by atoms with Crippen LogP contribution in [0.3, 0.4) is 0 Å². The lowest BCUT2D eigenvalue weighted by atomic mass is 9.97. The summed E-state index contributed by atoms with van der Waals surface area (Å²) in [5.74, 6) is 1.28. The fourth-order valence-electron chi connectivity index (χ4n) is 12.8. The summed E-state index contributed by atoms with van der Waals surface area (Å²) in [5, 5.41) is 0. The van der Waals surface area contributed by atoms with Gasteiger partial charge in [-0.1, -0.05) is 144 Å². The monoisotopic (exact) mass is 1320 g/mol. The van der Waals surface area contributed by atoms with E-state index in [2.05, 4.69) is 318 Å². The molecular weight excluding hydrogens is 1200 g/mol. The van der Waals surface area contributed by atoms with Crippen LogP contribution in [-0.2, 0) is 55.1 Å². The Hall–Kier alpha value is -9.78. The normalized spacial score (nSPS) is 11.8. The van der Waals surface area contributed by atoms with Gasteiger partial charge in [0.1, 0.15) is 42.3 Å². The minimum Gasteiger partial charge on any atom is -0.201 e. The Kier molecular flexibility index (Phi) is 24.8. The van der Waals surface area contributed by atoms with E-state index in [4.69, 9.17) is 8.22 Å². The highest BCUT2D eigenvalue weighted by Crippen LogP contribution is 2.29. The van der Waals surface area contributed by atoms with Gasteiger partial charge in [-0.25, -0.2) is 27.4 Å². The van der Waals surface area contributed by atoms with E-state index in [-0.39, 0.29) is 0 Å². The zero-order valence-corrected chi connectivity index (χ0v) is 63.3. The molecule has 0 atom stereocenters. The second kappa shape index (κ2) is 36.2. The van der Waals surface area contributed by atoms with Crippen LogP contribution in [0.15, 0.2) is 237 Å². The molecule has 0 bridgehead atoms. The van der Waals surface area contributed by atoms with E-state index in [1.165, 1.54) is 101 Å². The third kappa shape index (κ3) is 20.4. The molecule has 99 heavy (non-hydrogen) atoms. The van der Waals surface area contributed by atoms with E-state index in [1.54, 1.807) is 18.5 Å². The summed E-state index contributed by atoms with van der Waals surface area (Å²) in [6.45, 7) is 27.8. The molecule has 0 aliphatic rings. The number of benzene rings is 6. The molecule has 0 aliphatic carbocycles. The summed E-state index contributed by atoms with van der Waals surface area (Å²) in [5.41, 5.74) is 31.6. The average molecular weight is 1320 g/mol. The van der Waals surface area contributed by atoms with Crippen molar-refractivity contribution in [3.05, 3.63) is 321 Å². The molecule has 0 radical (unpaired) electrons. The summed E-state index contributed by atoms with van der Waals surface area (Å²) in [6.07, 6.45) is 14.5. The van der Waals surface area contributed by atoms with E-state index in [0.29, 0.717) is 23.0 Å². The first kappa shape index (κ1) is 67.8. The average Bonchev–Trinajstić information content (AvgIpc) is 0.781. The van der Waals surface area contributed by atoms with Gasteiger partial charge < -0.3 is 0 Å². The number of nitrogens with zero attached hydrogens (tertiary/aromatic N) is 6. The topological polar surface area (TPSA) is 23.3 Å². The smallest absolute Gasteiger partial charge is 0.201 e. The first-order valence-electron chi connectivity index (χ1n) is 37.9. The maximum atomic E-state index is 7.64. The van der Waals surface area contributed by atoms with Crippen LogP contribution >= 0.6 is 0 Å². The molecule has 510 valence electrons. The number of pyridine rings is 6. The Bertz CT molecular complexity index is 4890. The standard InChI is InChI=1S/C17H22N.C16H20N.4C15H18N/c1-13(2)11-15-9-10-17(18(4)12-15)16-8-6-5-7-14(16)3;1-11-8-6-7-9-15(11)16-14(4)13(3)12(2)10-17(16)5;1-11-9-13(3)15(16(4)10-11)14-8-6-5-7-12(14)2;1-11-9-10-16(4)15(13(11)3)14-8-6-5-7-12(14)2;1-12(2)14-9-10-15(16(3)11-14)13-7-5-4-6-8-13;1-4-13-9-10-15(16(3)11-13)14-8-6-5-7-12(14)2/h5-10,12-13H,11H2,1-4H3;6-10H,1-5H3;2*5-10H,1-4H3;4-12H,1-3H3;5-11H,4H2,1-3H3/q6*+1/i;2D3;1D3;;;. The van der Waals surface area contributed by atoms with Crippen molar-refractivity contribution in [2.24, 2.45) is 48.2 Å². The predicted molar refractivity (Wildman–Crippen MR) is 417 cm³/mol. The van der Waals surface area contributed by atoms with Crippen LogP contribution in [0.2, 0.25) is 0 Å². The quantitative estimate of drug-likeness (QED) is 0.122. The lowest BCUT2D eigenvalue weighted by Gasteiger charge is -2.10. The summed E-state index contributed by atoms with van der Waals surface area (Å²) >= 11 is 0. The van der Waals surface area contributed by atoms with E-state index < -0.39 is 13.7 Å². The maximum Gasteiger partial charge on any atom is 0.215 e. The molecule has 6 nitrogen and oxygen atoms in total. The van der Waals surface area contributed by atoms with Gasteiger partial charge in [-0.15, -0.1) is 0 Å². The number of aryl methyl sites for hydroxylation is 16. The molecule has 0 spiro atoms. The van der Waals surface area contributed by atoms with Crippen molar-refractivity contribution in [2.75, 3.05) is 0 Å². The molecule has 6 aromatic heterocycles. The van der Waals surface area contributed by atoms with Gasteiger partial charge in [0.2, 0.25) is 34.2 Å². The van der Waals surface area contributed by atoms with Crippen LogP contribution < -0.4 is 27.4 Å². The molecule has 0 aliphatic heterocycles. The van der Waals surface area contributed by atoms with Crippen molar-refractivity contribution >= 4 is 0 Å². The van der Waals surface area contributed by atoms with Gasteiger partial charge >= 0.3 is 0 Å². The highest BCUT2D eigenvalue weighted by atomic mass is 14.9. The second-order valence-corrected chi connectivity index (χ2v) is 27.3. The zero-order chi connectivity index (χ0) is 77.2. The van der Waals surface area contributed by atoms with Gasteiger partial charge in [0.05, 0.1) is 0 Å². The Labute approximate surface area is 605 Å². The fraction of sp³-hybridized carbons (Fsp3) is 0.290. The molecule has 12 rings (SSSR count). The molecular formula is C93H114N6+6. The number of hydrogen-bond donors (Lipinski definition) is 0. The summed E-state index contributed by atoms with van der Waals surface area (Å²) < 4.78 is 58.1. The SMILES string of the molecule is CC(C)c1ccc(-c2ccccc2)[n+](C)c1.CCc1ccc(-c2ccccc2C)[n+](C)c1.Cc1ccccc1-c1c(C)c(C)cc[n+]1C.Cc1ccccc1-c1ccc(CC(C)C)c[n+]1C.[2H]C([2H])([2H])c1c[n+](C)c(-c2ccccc2C)c(C)c1C.[2H]C([2H])([2H])c1cc(C)c(-c2ccccc2C)[n+](C)c1. The number of rotatable bonds is 10. The van der Waals surface area contributed by atoms with Gasteiger partial charge in [0.25, 0.3) is 0 Å². The van der Waals surface area contributed by atoms with Crippen molar-refractivity contribution in [1.82, 2.24) is 0 Å². The zero-order valence-electron chi connectivity index (χ0n) is 69.3. The molecule has 6 heterocycles. The van der Waals surface area contributed by atoms with E-state index in [0.717, 1.165) is 52.0 Å². The molecule has 0 N–H and O–H groups in total. The Morgan fingerprint density at radius 2 is 0.747 bits per heavy atom. The van der Waals surface area contributed by atoms with Gasteiger partial charge in [0.15, 0.2) is 37.2 Å².